The average Bonchev–Trinajstić information content (AvgIpc) is 2.86. The Hall–Kier alpha value is -2.95. The van der Waals surface area contributed by atoms with Crippen LogP contribution < -0.4 is 4.72 Å². The Morgan fingerprint density at radius 3 is 2.24 bits per heavy atom. The molecule has 2 fully saturated rings. The number of hydrogen-bond donors (Lipinski definition) is 1. The standard InChI is InChI=1S/C24H30N4O5S/c1-19-5-7-21(8-6-19)25-34(31,32)22-4-2-3-20(17-22)24(30)28-11-9-27(10-12-28)23(29)18-26-13-15-33-16-14-26/h2-8,17,25H,9-16,18H2,1H3. The zero-order valence-electron chi connectivity index (χ0n) is 19.3. The zero-order valence-corrected chi connectivity index (χ0v) is 20.1. The third-order valence-electron chi connectivity index (χ3n) is 6.08. The first-order valence-corrected chi connectivity index (χ1v) is 12.9. The highest BCUT2D eigenvalue weighted by molar-refractivity contribution is 7.92. The smallest absolute Gasteiger partial charge is 0.261 e. The van der Waals surface area contributed by atoms with Crippen molar-refractivity contribution in [3.63, 3.8) is 0 Å². The summed E-state index contributed by atoms with van der Waals surface area (Å²) < 4.78 is 33.5. The SMILES string of the molecule is Cc1ccc(NS(=O)(=O)c2cccc(C(=O)N3CCN(C(=O)CN4CCOCC4)CC3)c2)cc1. The fraction of sp³-hybridized carbons (Fsp3) is 0.417. The van der Waals surface area contributed by atoms with E-state index >= 15 is 0 Å². The molecule has 2 heterocycles. The molecule has 2 aromatic carbocycles. The third-order valence-corrected chi connectivity index (χ3v) is 7.46. The maximum atomic E-state index is 13.1. The molecule has 0 spiro atoms. The molecule has 0 bridgehead atoms. The van der Waals surface area contributed by atoms with Gasteiger partial charge in [-0.05, 0) is 37.3 Å². The molecule has 4 rings (SSSR count). The van der Waals surface area contributed by atoms with Crippen molar-refractivity contribution in [2.75, 3.05) is 63.7 Å². The van der Waals surface area contributed by atoms with E-state index < -0.39 is 10.0 Å². The summed E-state index contributed by atoms with van der Waals surface area (Å²) in [5.41, 5.74) is 1.79. The van der Waals surface area contributed by atoms with E-state index in [0.29, 0.717) is 57.2 Å². The maximum Gasteiger partial charge on any atom is 0.261 e. The monoisotopic (exact) mass is 486 g/mol. The number of aryl methyl sites for hydroxylation is 1. The molecule has 9 nitrogen and oxygen atoms in total. The minimum Gasteiger partial charge on any atom is -0.379 e. The second-order valence-electron chi connectivity index (χ2n) is 8.56. The van der Waals surface area contributed by atoms with Crippen LogP contribution in [-0.4, -0.2) is 94.0 Å². The van der Waals surface area contributed by atoms with Crippen molar-refractivity contribution in [2.24, 2.45) is 0 Å². The number of morpholine rings is 1. The molecule has 0 unspecified atom stereocenters. The number of piperazine rings is 1. The highest BCUT2D eigenvalue weighted by atomic mass is 32.2. The second-order valence-corrected chi connectivity index (χ2v) is 10.2. The number of sulfonamides is 1. The molecular weight excluding hydrogens is 456 g/mol. The van der Waals surface area contributed by atoms with E-state index in [1.54, 1.807) is 34.1 Å². The van der Waals surface area contributed by atoms with Crippen LogP contribution in [0.5, 0.6) is 0 Å². The number of hydrogen-bond acceptors (Lipinski definition) is 6. The molecule has 0 aliphatic carbocycles. The van der Waals surface area contributed by atoms with Gasteiger partial charge < -0.3 is 14.5 Å². The summed E-state index contributed by atoms with van der Waals surface area (Å²) in [6.45, 7) is 6.82. The van der Waals surface area contributed by atoms with Gasteiger partial charge in [-0.2, -0.15) is 0 Å². The highest BCUT2D eigenvalue weighted by Crippen LogP contribution is 2.19. The first-order chi connectivity index (χ1) is 16.3. The number of anilines is 1. The van der Waals surface area contributed by atoms with Gasteiger partial charge in [0.25, 0.3) is 15.9 Å². The van der Waals surface area contributed by atoms with E-state index in [1.165, 1.54) is 12.1 Å². The first-order valence-electron chi connectivity index (χ1n) is 11.4. The van der Waals surface area contributed by atoms with Crippen LogP contribution in [-0.2, 0) is 19.6 Å². The summed E-state index contributed by atoms with van der Waals surface area (Å²) in [5.74, 6) is -0.183. The lowest BCUT2D eigenvalue weighted by molar-refractivity contribution is -0.134. The number of benzene rings is 2. The van der Waals surface area contributed by atoms with Gasteiger partial charge in [0.05, 0.1) is 24.7 Å². The molecule has 0 aromatic heterocycles. The maximum absolute atomic E-state index is 13.1. The summed E-state index contributed by atoms with van der Waals surface area (Å²) in [7, 11) is -3.83. The van der Waals surface area contributed by atoms with Crippen molar-refractivity contribution in [1.82, 2.24) is 14.7 Å². The number of nitrogens with one attached hydrogen (secondary N) is 1. The van der Waals surface area contributed by atoms with Crippen LogP contribution >= 0.6 is 0 Å². The first kappa shape index (κ1) is 24.2. The number of carbonyl (C=O) groups excluding carboxylic acids is 2. The molecule has 2 saturated heterocycles. The molecule has 1 N–H and O–H groups in total. The van der Waals surface area contributed by atoms with Crippen LogP contribution in [0.3, 0.4) is 0 Å². The molecule has 2 aliphatic heterocycles. The van der Waals surface area contributed by atoms with Crippen molar-refractivity contribution >= 4 is 27.5 Å². The Kier molecular flexibility index (Phi) is 7.50. The Morgan fingerprint density at radius 2 is 1.56 bits per heavy atom. The van der Waals surface area contributed by atoms with Gasteiger partial charge in [0.1, 0.15) is 0 Å². The van der Waals surface area contributed by atoms with Gasteiger partial charge in [-0.3, -0.25) is 19.2 Å². The molecule has 2 amide bonds. The lowest BCUT2D eigenvalue weighted by atomic mass is 10.2. The number of ether oxygens (including phenoxy) is 1. The van der Waals surface area contributed by atoms with E-state index in [0.717, 1.165) is 18.7 Å². The van der Waals surface area contributed by atoms with Gasteiger partial charge in [-0.25, -0.2) is 8.42 Å². The van der Waals surface area contributed by atoms with Crippen molar-refractivity contribution in [3.8, 4) is 0 Å². The van der Waals surface area contributed by atoms with Gasteiger partial charge in [0.2, 0.25) is 5.91 Å². The predicted molar refractivity (Wildman–Crippen MR) is 128 cm³/mol. The quantitative estimate of drug-likeness (QED) is 0.663. The molecule has 10 heteroatoms. The van der Waals surface area contributed by atoms with Gasteiger partial charge in [-0.15, -0.1) is 0 Å². The highest BCUT2D eigenvalue weighted by Gasteiger charge is 2.27. The second kappa shape index (κ2) is 10.5. The van der Waals surface area contributed by atoms with Crippen molar-refractivity contribution in [3.05, 3.63) is 59.7 Å². The summed E-state index contributed by atoms with van der Waals surface area (Å²) in [5, 5.41) is 0. The van der Waals surface area contributed by atoms with Crippen molar-refractivity contribution in [2.45, 2.75) is 11.8 Å². The number of carbonyl (C=O) groups is 2. The van der Waals surface area contributed by atoms with Crippen molar-refractivity contribution in [1.29, 1.82) is 0 Å². The predicted octanol–water partition coefficient (Wildman–Crippen LogP) is 1.41. The topological polar surface area (TPSA) is 99.3 Å². The van der Waals surface area contributed by atoms with E-state index in [9.17, 15) is 18.0 Å². The summed E-state index contributed by atoms with van der Waals surface area (Å²) >= 11 is 0. The fourth-order valence-electron chi connectivity index (χ4n) is 4.02. The molecule has 2 aromatic rings. The molecule has 0 saturated carbocycles. The van der Waals surface area contributed by atoms with Crippen LogP contribution in [0.25, 0.3) is 0 Å². The molecule has 0 radical (unpaired) electrons. The van der Waals surface area contributed by atoms with E-state index in [4.69, 9.17) is 4.74 Å². The minimum absolute atomic E-state index is 0.0262. The van der Waals surface area contributed by atoms with Crippen LogP contribution in [0.1, 0.15) is 15.9 Å². The minimum atomic E-state index is -3.83. The van der Waals surface area contributed by atoms with Crippen LogP contribution in [0.15, 0.2) is 53.4 Å². The molecule has 2 aliphatic rings. The van der Waals surface area contributed by atoms with E-state index in [1.807, 2.05) is 19.1 Å². The van der Waals surface area contributed by atoms with Gasteiger partial charge >= 0.3 is 0 Å². The van der Waals surface area contributed by atoms with Gasteiger partial charge in [-0.1, -0.05) is 23.8 Å². The molecule has 182 valence electrons. The van der Waals surface area contributed by atoms with Gasteiger partial charge in [0.15, 0.2) is 0 Å². The number of nitrogens with zero attached hydrogens (tertiary/aromatic N) is 3. The van der Waals surface area contributed by atoms with Crippen LogP contribution in [0.4, 0.5) is 5.69 Å². The van der Waals surface area contributed by atoms with E-state index in [-0.39, 0.29) is 16.7 Å². The van der Waals surface area contributed by atoms with Crippen LogP contribution in [0.2, 0.25) is 0 Å². The lowest BCUT2D eigenvalue weighted by Crippen LogP contribution is -2.53. The van der Waals surface area contributed by atoms with E-state index in [2.05, 4.69) is 9.62 Å². The lowest BCUT2D eigenvalue weighted by Gasteiger charge is -2.36. The van der Waals surface area contributed by atoms with Gasteiger partial charge in [0, 0.05) is 50.5 Å². The summed E-state index contributed by atoms with van der Waals surface area (Å²) in [4.78, 5) is 31.2. The molecular formula is C24H30N4O5S. The van der Waals surface area contributed by atoms with Crippen molar-refractivity contribution < 1.29 is 22.7 Å². The summed E-state index contributed by atoms with van der Waals surface area (Å²) in [6, 6.07) is 13.1. The Balaban J connectivity index is 1.36. The Bertz CT molecular complexity index is 1120. The average molecular weight is 487 g/mol. The van der Waals surface area contributed by atoms with Crippen LogP contribution in [0, 0.1) is 6.92 Å². The third kappa shape index (κ3) is 5.94. The summed E-state index contributed by atoms with van der Waals surface area (Å²) in [6.07, 6.45) is 0. The fourth-order valence-corrected chi connectivity index (χ4v) is 5.13. The molecule has 34 heavy (non-hydrogen) atoms. The Morgan fingerprint density at radius 1 is 0.912 bits per heavy atom. The molecule has 0 atom stereocenters. The largest absolute Gasteiger partial charge is 0.379 e. The Labute approximate surface area is 200 Å². The number of rotatable bonds is 6. The normalized spacial score (nSPS) is 17.4. The zero-order chi connectivity index (χ0) is 24.1. The number of amides is 2.